The van der Waals surface area contributed by atoms with E-state index in [0.29, 0.717) is 10.9 Å². The minimum atomic E-state index is -4.46. The van der Waals surface area contributed by atoms with E-state index in [4.69, 9.17) is 0 Å². The Bertz CT molecular complexity index is 889. The summed E-state index contributed by atoms with van der Waals surface area (Å²) in [6.07, 6.45) is -4.46. The maximum atomic E-state index is 12.8. The van der Waals surface area contributed by atoms with Gasteiger partial charge in [0.05, 0.1) is 11.1 Å². The molecule has 0 bridgehead atoms. The van der Waals surface area contributed by atoms with Crippen molar-refractivity contribution >= 4 is 16.7 Å². The van der Waals surface area contributed by atoms with E-state index in [1.165, 1.54) is 6.07 Å². The van der Waals surface area contributed by atoms with Crippen LogP contribution in [0.3, 0.4) is 0 Å². The molecule has 3 rings (SSSR count). The Kier molecular flexibility index (Phi) is 3.60. The summed E-state index contributed by atoms with van der Waals surface area (Å²) in [5.74, 6) is -0.100. The van der Waals surface area contributed by atoms with Crippen molar-refractivity contribution in [1.29, 1.82) is 0 Å². The van der Waals surface area contributed by atoms with Gasteiger partial charge in [0.25, 0.3) is 0 Å². The molecule has 23 heavy (non-hydrogen) atoms. The van der Waals surface area contributed by atoms with E-state index in [-0.39, 0.29) is 22.8 Å². The predicted molar refractivity (Wildman–Crippen MR) is 79.2 cm³/mol. The molecule has 0 unspecified atom stereocenters. The van der Waals surface area contributed by atoms with Gasteiger partial charge in [-0.25, -0.2) is 9.97 Å². The largest absolute Gasteiger partial charge is 0.416 e. The zero-order valence-corrected chi connectivity index (χ0v) is 12.1. The summed E-state index contributed by atoms with van der Waals surface area (Å²) >= 11 is 0. The third kappa shape index (κ3) is 2.92. The fraction of sp³-hybridized carbons (Fsp3) is 0.118. The van der Waals surface area contributed by atoms with Crippen LogP contribution in [0.15, 0.2) is 48.5 Å². The molecule has 0 saturated carbocycles. The Morgan fingerprint density at radius 2 is 1.70 bits per heavy atom. The number of aromatic nitrogens is 2. The fourth-order valence-corrected chi connectivity index (χ4v) is 2.32. The lowest BCUT2D eigenvalue weighted by Gasteiger charge is -2.10. The number of nitrogens with zero attached hydrogens (tertiary/aromatic N) is 2. The molecule has 0 aliphatic carbocycles. The van der Waals surface area contributed by atoms with Crippen molar-refractivity contribution in [1.82, 2.24) is 9.97 Å². The summed E-state index contributed by atoms with van der Waals surface area (Å²) in [4.78, 5) is 20.7. The number of ketones is 1. The highest BCUT2D eigenvalue weighted by Crippen LogP contribution is 2.31. The molecule has 116 valence electrons. The van der Waals surface area contributed by atoms with Crippen LogP contribution >= 0.6 is 0 Å². The van der Waals surface area contributed by atoms with E-state index < -0.39 is 11.7 Å². The Morgan fingerprint density at radius 1 is 1.00 bits per heavy atom. The van der Waals surface area contributed by atoms with Crippen LogP contribution in [0.25, 0.3) is 10.9 Å². The molecule has 0 fully saturated rings. The number of carbonyl (C=O) groups is 1. The maximum Gasteiger partial charge on any atom is 0.416 e. The number of rotatable bonds is 2. The molecule has 0 amide bonds. The van der Waals surface area contributed by atoms with Gasteiger partial charge >= 0.3 is 6.18 Å². The molecule has 0 saturated heterocycles. The fourth-order valence-electron chi connectivity index (χ4n) is 2.32. The van der Waals surface area contributed by atoms with Gasteiger partial charge in [-0.05, 0) is 25.1 Å². The van der Waals surface area contributed by atoms with Crippen LogP contribution in [0.5, 0.6) is 0 Å². The SMILES string of the molecule is Cc1nc(C(=O)c2ccccc2)c2ccc(C(F)(F)F)cc2n1. The molecule has 1 aromatic heterocycles. The van der Waals surface area contributed by atoms with Crippen LogP contribution < -0.4 is 0 Å². The molecule has 0 atom stereocenters. The lowest BCUT2D eigenvalue weighted by atomic mass is 10.0. The topological polar surface area (TPSA) is 42.9 Å². The van der Waals surface area contributed by atoms with Crippen molar-refractivity contribution in [3.8, 4) is 0 Å². The maximum absolute atomic E-state index is 12.8. The second-order valence-electron chi connectivity index (χ2n) is 5.04. The minimum Gasteiger partial charge on any atom is -0.287 e. The molecule has 0 spiro atoms. The van der Waals surface area contributed by atoms with Crippen molar-refractivity contribution in [3.63, 3.8) is 0 Å². The first-order valence-electron chi connectivity index (χ1n) is 6.81. The molecular weight excluding hydrogens is 305 g/mol. The van der Waals surface area contributed by atoms with Crippen LogP contribution in [0.4, 0.5) is 13.2 Å². The molecule has 0 radical (unpaired) electrons. The van der Waals surface area contributed by atoms with Gasteiger partial charge in [0.15, 0.2) is 0 Å². The predicted octanol–water partition coefficient (Wildman–Crippen LogP) is 4.19. The standard InChI is InChI=1S/C17H11F3N2O/c1-10-21-14-9-12(17(18,19)20)7-8-13(14)15(22-10)16(23)11-5-3-2-4-6-11/h2-9H,1H3. The van der Waals surface area contributed by atoms with Gasteiger partial charge in [-0.3, -0.25) is 4.79 Å². The van der Waals surface area contributed by atoms with Crippen LogP contribution in [-0.4, -0.2) is 15.8 Å². The van der Waals surface area contributed by atoms with Gasteiger partial charge in [0, 0.05) is 10.9 Å². The van der Waals surface area contributed by atoms with Crippen molar-refractivity contribution in [2.75, 3.05) is 0 Å². The second kappa shape index (κ2) is 5.46. The molecular formula is C17H11F3N2O. The van der Waals surface area contributed by atoms with Crippen molar-refractivity contribution < 1.29 is 18.0 Å². The third-order valence-electron chi connectivity index (χ3n) is 3.39. The third-order valence-corrected chi connectivity index (χ3v) is 3.39. The van der Waals surface area contributed by atoms with E-state index in [0.717, 1.165) is 12.1 Å². The first-order valence-corrected chi connectivity index (χ1v) is 6.81. The Balaban J connectivity index is 2.20. The van der Waals surface area contributed by atoms with Gasteiger partial charge < -0.3 is 0 Å². The average molecular weight is 316 g/mol. The zero-order chi connectivity index (χ0) is 16.6. The number of carbonyl (C=O) groups excluding carboxylic acids is 1. The molecule has 0 aliphatic rings. The molecule has 0 aliphatic heterocycles. The van der Waals surface area contributed by atoms with E-state index in [1.807, 2.05) is 0 Å². The number of aryl methyl sites for hydroxylation is 1. The van der Waals surface area contributed by atoms with Crippen LogP contribution in [-0.2, 0) is 6.18 Å². The van der Waals surface area contributed by atoms with Crippen LogP contribution in [0.2, 0.25) is 0 Å². The van der Waals surface area contributed by atoms with E-state index >= 15 is 0 Å². The van der Waals surface area contributed by atoms with Gasteiger partial charge in [-0.15, -0.1) is 0 Å². The van der Waals surface area contributed by atoms with Gasteiger partial charge in [-0.1, -0.05) is 30.3 Å². The van der Waals surface area contributed by atoms with E-state index in [2.05, 4.69) is 9.97 Å². The molecule has 1 heterocycles. The van der Waals surface area contributed by atoms with E-state index in [1.54, 1.807) is 37.3 Å². The van der Waals surface area contributed by atoms with Crippen molar-refractivity contribution in [2.24, 2.45) is 0 Å². The number of hydrogen-bond acceptors (Lipinski definition) is 3. The zero-order valence-electron chi connectivity index (χ0n) is 12.1. The number of benzene rings is 2. The van der Waals surface area contributed by atoms with Crippen molar-refractivity contribution in [2.45, 2.75) is 13.1 Å². The van der Waals surface area contributed by atoms with Crippen LogP contribution in [0, 0.1) is 6.92 Å². The summed E-state index contributed by atoms with van der Waals surface area (Å²) in [5, 5.41) is 0.303. The molecule has 3 aromatic rings. The lowest BCUT2D eigenvalue weighted by molar-refractivity contribution is -0.137. The Labute approximate surface area is 129 Å². The normalized spacial score (nSPS) is 11.7. The molecule has 0 N–H and O–H groups in total. The highest BCUT2D eigenvalue weighted by Gasteiger charge is 2.31. The molecule has 6 heteroatoms. The van der Waals surface area contributed by atoms with Crippen molar-refractivity contribution in [3.05, 3.63) is 71.2 Å². The quantitative estimate of drug-likeness (QED) is 0.666. The monoisotopic (exact) mass is 316 g/mol. The highest BCUT2D eigenvalue weighted by atomic mass is 19.4. The summed E-state index contributed by atoms with van der Waals surface area (Å²) < 4.78 is 38.5. The molecule has 2 aromatic carbocycles. The van der Waals surface area contributed by atoms with Gasteiger partial charge in [0.2, 0.25) is 5.78 Å². The minimum absolute atomic E-state index is 0.103. The highest BCUT2D eigenvalue weighted by molar-refractivity contribution is 6.14. The van der Waals surface area contributed by atoms with Gasteiger partial charge in [-0.2, -0.15) is 13.2 Å². The first kappa shape index (κ1) is 15.1. The smallest absolute Gasteiger partial charge is 0.287 e. The summed E-state index contributed by atoms with van der Waals surface area (Å²) in [6, 6.07) is 11.6. The van der Waals surface area contributed by atoms with Gasteiger partial charge in [0.1, 0.15) is 11.5 Å². The number of hydrogen-bond donors (Lipinski definition) is 0. The number of halogens is 3. The number of fused-ring (bicyclic) bond motifs is 1. The number of alkyl halides is 3. The van der Waals surface area contributed by atoms with E-state index in [9.17, 15) is 18.0 Å². The summed E-state index contributed by atoms with van der Waals surface area (Å²) in [5.41, 5.74) is -0.174. The first-order chi connectivity index (χ1) is 10.9. The summed E-state index contributed by atoms with van der Waals surface area (Å²) in [6.45, 7) is 1.54. The summed E-state index contributed by atoms with van der Waals surface area (Å²) in [7, 11) is 0. The average Bonchev–Trinajstić information content (AvgIpc) is 2.52. The second-order valence-corrected chi connectivity index (χ2v) is 5.04. The Hall–Kier alpha value is -2.76. The van der Waals surface area contributed by atoms with Crippen LogP contribution in [0.1, 0.15) is 27.4 Å². The molecule has 3 nitrogen and oxygen atoms in total. The Morgan fingerprint density at radius 3 is 2.35 bits per heavy atom. The lowest BCUT2D eigenvalue weighted by Crippen LogP contribution is -2.09.